The van der Waals surface area contributed by atoms with Crippen molar-refractivity contribution in [2.45, 2.75) is 6.42 Å². The summed E-state index contributed by atoms with van der Waals surface area (Å²) < 4.78 is 2.88. The highest BCUT2D eigenvalue weighted by Crippen LogP contribution is 2.21. The standard InChI is InChI=1S/C21H23N7O2.C15H11N5O/c1-27(2)13-5-12-22-21(30)23-14-8-10-15(11-9-14)28-20(29)19-18(26-28)16-6-3-4-7-17(16)24-25-19;16-9-5-7-10(8-6-9)20-15(21)14-13(19-20)11-3-1-2-4-12(11)17-18-14/h3-4,6-11,26H,5,12-13H2,1-2H3,(H2,22,23,30);1-8,19H,16H2. The van der Waals surface area contributed by atoms with Gasteiger partial charge in [-0.15, -0.1) is 20.4 Å². The van der Waals surface area contributed by atoms with Crippen LogP contribution in [-0.2, 0) is 0 Å². The van der Waals surface area contributed by atoms with Gasteiger partial charge in [-0.25, -0.2) is 14.2 Å². The number of nitrogens with two attached hydrogens (primary N) is 1. The largest absolute Gasteiger partial charge is 0.399 e. The van der Waals surface area contributed by atoms with Crippen LogP contribution in [0.4, 0.5) is 16.2 Å². The summed E-state index contributed by atoms with van der Waals surface area (Å²) >= 11 is 0. The number of fused-ring (bicyclic) bond motifs is 6. The molecule has 0 atom stereocenters. The Kier molecular flexibility index (Phi) is 8.92. The van der Waals surface area contributed by atoms with E-state index in [0.717, 1.165) is 34.8 Å². The zero-order valence-electron chi connectivity index (χ0n) is 27.8. The minimum atomic E-state index is -0.275. The molecule has 0 fully saturated rings. The lowest BCUT2D eigenvalue weighted by atomic mass is 10.2. The lowest BCUT2D eigenvalue weighted by Crippen LogP contribution is -2.31. The van der Waals surface area contributed by atoms with E-state index in [2.05, 4.69) is 46.1 Å². The second-order valence-corrected chi connectivity index (χ2v) is 12.1. The fourth-order valence-electron chi connectivity index (χ4n) is 5.62. The van der Waals surface area contributed by atoms with Crippen molar-refractivity contribution in [3.63, 3.8) is 0 Å². The van der Waals surface area contributed by atoms with Crippen molar-refractivity contribution in [3.8, 4) is 11.4 Å². The minimum absolute atomic E-state index is 0.229. The van der Waals surface area contributed by atoms with Crippen LogP contribution in [0.25, 0.3) is 55.2 Å². The third-order valence-electron chi connectivity index (χ3n) is 8.20. The molecule has 4 aromatic heterocycles. The average Bonchev–Trinajstić information content (AvgIpc) is 3.67. The van der Waals surface area contributed by atoms with E-state index in [1.807, 2.05) is 62.6 Å². The molecule has 0 saturated carbocycles. The molecule has 0 bridgehead atoms. The Hall–Kier alpha value is -6.87. The number of nitrogen functional groups attached to an aromatic ring is 1. The molecule has 0 radical (unpaired) electrons. The fourth-order valence-corrected chi connectivity index (χ4v) is 5.62. The van der Waals surface area contributed by atoms with Crippen LogP contribution in [0.5, 0.6) is 0 Å². The van der Waals surface area contributed by atoms with Crippen molar-refractivity contribution >= 4 is 61.3 Å². The van der Waals surface area contributed by atoms with Gasteiger partial charge in [-0.2, -0.15) is 0 Å². The van der Waals surface area contributed by atoms with Crippen molar-refractivity contribution in [2.75, 3.05) is 38.2 Å². The number of amides is 2. The summed E-state index contributed by atoms with van der Waals surface area (Å²) in [6.45, 7) is 1.51. The number of aromatic nitrogens is 8. The van der Waals surface area contributed by atoms with Crippen LogP contribution in [0.15, 0.2) is 107 Å². The first-order valence-corrected chi connectivity index (χ1v) is 16.1. The number of aromatic amines is 2. The Bertz CT molecular complexity index is 2620. The molecular weight excluding hydrogens is 648 g/mol. The lowest BCUT2D eigenvalue weighted by Gasteiger charge is -2.11. The smallest absolute Gasteiger partial charge is 0.319 e. The normalized spacial score (nSPS) is 11.3. The molecule has 0 saturated heterocycles. The highest BCUT2D eigenvalue weighted by atomic mass is 16.2. The van der Waals surface area contributed by atoms with Gasteiger partial charge >= 0.3 is 6.03 Å². The first kappa shape index (κ1) is 32.7. The Morgan fingerprint density at radius 2 is 1.20 bits per heavy atom. The predicted octanol–water partition coefficient (Wildman–Crippen LogP) is 4.18. The SMILES string of the molecule is CN(C)CCCNC(=O)Nc1ccc(-n2[nH]c3c(nnc4ccccc43)c2=O)cc1.Nc1ccc(-n2[nH]c3c(nnc4ccccc43)c2=O)cc1. The van der Waals surface area contributed by atoms with Crippen LogP contribution in [0.3, 0.4) is 0 Å². The molecule has 0 aliphatic rings. The van der Waals surface area contributed by atoms with E-state index in [1.165, 1.54) is 9.36 Å². The molecule has 8 rings (SSSR count). The number of hydrogen-bond donors (Lipinski definition) is 5. The molecule has 0 spiro atoms. The summed E-state index contributed by atoms with van der Waals surface area (Å²) in [6, 6.07) is 28.9. The number of nitrogens with one attached hydrogen (secondary N) is 4. The number of rotatable bonds is 7. The topological polar surface area (TPSA) is 198 Å². The van der Waals surface area contributed by atoms with Crippen LogP contribution < -0.4 is 27.5 Å². The van der Waals surface area contributed by atoms with E-state index in [4.69, 9.17) is 5.73 Å². The van der Waals surface area contributed by atoms with E-state index in [-0.39, 0.29) is 22.7 Å². The number of hydrogen-bond acceptors (Lipinski definition) is 9. The average molecular weight is 683 g/mol. The summed E-state index contributed by atoms with van der Waals surface area (Å²) in [7, 11) is 3.99. The number of benzene rings is 4. The molecule has 2 amide bonds. The van der Waals surface area contributed by atoms with Gasteiger partial charge in [0.1, 0.15) is 0 Å². The maximum atomic E-state index is 12.8. The third kappa shape index (κ3) is 6.73. The van der Waals surface area contributed by atoms with Crippen molar-refractivity contribution in [3.05, 3.63) is 118 Å². The first-order valence-electron chi connectivity index (χ1n) is 16.1. The molecule has 0 unspecified atom stereocenters. The van der Waals surface area contributed by atoms with Crippen LogP contribution in [0.1, 0.15) is 6.42 Å². The van der Waals surface area contributed by atoms with Gasteiger partial charge in [0.15, 0.2) is 11.0 Å². The van der Waals surface area contributed by atoms with Gasteiger partial charge in [0.2, 0.25) is 0 Å². The van der Waals surface area contributed by atoms with Crippen LogP contribution in [-0.4, -0.2) is 78.1 Å². The van der Waals surface area contributed by atoms with Gasteiger partial charge in [-0.05, 0) is 87.7 Å². The summed E-state index contributed by atoms with van der Waals surface area (Å²) in [5, 5.41) is 29.9. The summed E-state index contributed by atoms with van der Waals surface area (Å²) in [4.78, 5) is 39.3. The van der Waals surface area contributed by atoms with Crippen molar-refractivity contribution in [2.24, 2.45) is 0 Å². The highest BCUT2D eigenvalue weighted by Gasteiger charge is 2.15. The monoisotopic (exact) mass is 682 g/mol. The summed E-state index contributed by atoms with van der Waals surface area (Å²) in [6.07, 6.45) is 0.875. The van der Waals surface area contributed by atoms with Crippen LogP contribution in [0, 0.1) is 0 Å². The van der Waals surface area contributed by atoms with E-state index >= 15 is 0 Å². The third-order valence-corrected chi connectivity index (χ3v) is 8.20. The van der Waals surface area contributed by atoms with E-state index in [1.54, 1.807) is 48.5 Å². The number of carbonyl (C=O) groups excluding carboxylic acids is 1. The van der Waals surface area contributed by atoms with Gasteiger partial charge in [-0.3, -0.25) is 19.8 Å². The molecule has 4 aromatic carbocycles. The fraction of sp³-hybridized carbons (Fsp3) is 0.139. The molecule has 4 heterocycles. The molecule has 0 aliphatic heterocycles. The Labute approximate surface area is 289 Å². The maximum absolute atomic E-state index is 12.8. The second-order valence-electron chi connectivity index (χ2n) is 12.1. The number of carbonyl (C=O) groups is 1. The lowest BCUT2D eigenvalue weighted by molar-refractivity contribution is 0.251. The predicted molar refractivity (Wildman–Crippen MR) is 199 cm³/mol. The Morgan fingerprint density at radius 3 is 1.71 bits per heavy atom. The number of H-pyrrole nitrogens is 2. The van der Waals surface area contributed by atoms with Gasteiger partial charge in [0, 0.05) is 28.7 Å². The molecule has 15 nitrogen and oxygen atoms in total. The number of nitrogens with zero attached hydrogens (tertiary/aromatic N) is 7. The summed E-state index contributed by atoms with van der Waals surface area (Å²) in [5.74, 6) is 0. The van der Waals surface area contributed by atoms with Crippen LogP contribution >= 0.6 is 0 Å². The molecule has 51 heavy (non-hydrogen) atoms. The molecule has 0 aliphatic carbocycles. The van der Waals surface area contributed by atoms with Crippen molar-refractivity contribution in [1.82, 2.24) is 50.2 Å². The molecule has 8 aromatic rings. The van der Waals surface area contributed by atoms with Gasteiger partial charge in [0.25, 0.3) is 11.1 Å². The Balaban J connectivity index is 0.000000169. The van der Waals surface area contributed by atoms with Crippen LogP contribution in [0.2, 0.25) is 0 Å². The molecule has 6 N–H and O–H groups in total. The maximum Gasteiger partial charge on any atom is 0.319 e. The summed E-state index contributed by atoms with van der Waals surface area (Å²) in [5.41, 5.74) is 11.2. The molecule has 256 valence electrons. The van der Waals surface area contributed by atoms with Gasteiger partial charge < -0.3 is 21.3 Å². The van der Waals surface area contributed by atoms with Crippen molar-refractivity contribution in [1.29, 1.82) is 0 Å². The second kappa shape index (κ2) is 13.9. The molecule has 15 heteroatoms. The quantitative estimate of drug-likeness (QED) is 0.121. The van der Waals surface area contributed by atoms with Gasteiger partial charge in [0.05, 0.1) is 33.4 Å². The van der Waals surface area contributed by atoms with Crippen molar-refractivity contribution < 1.29 is 4.79 Å². The minimum Gasteiger partial charge on any atom is -0.399 e. The zero-order valence-corrected chi connectivity index (χ0v) is 27.8. The number of anilines is 2. The molecular formula is C36H34N12O3. The first-order chi connectivity index (χ1) is 24.8. The van der Waals surface area contributed by atoms with Gasteiger partial charge in [-0.1, -0.05) is 36.4 Å². The highest BCUT2D eigenvalue weighted by molar-refractivity contribution is 6.01. The van der Waals surface area contributed by atoms with E-state index in [0.29, 0.717) is 45.8 Å². The van der Waals surface area contributed by atoms with E-state index < -0.39 is 0 Å². The van der Waals surface area contributed by atoms with E-state index in [9.17, 15) is 14.4 Å². The number of urea groups is 1. The zero-order chi connectivity index (χ0) is 35.5. The Morgan fingerprint density at radius 1 is 0.706 bits per heavy atom.